The Bertz CT molecular complexity index is 311. The second kappa shape index (κ2) is 4.22. The van der Waals surface area contributed by atoms with E-state index in [-0.39, 0.29) is 0 Å². The molecule has 0 saturated heterocycles. The minimum atomic E-state index is -1.47. The zero-order valence-corrected chi connectivity index (χ0v) is 10.1. The number of halogens is 3. The van der Waals surface area contributed by atoms with Crippen molar-refractivity contribution in [2.45, 2.75) is 15.9 Å². The molecule has 1 aromatic rings. The molecule has 1 heterocycles. The first kappa shape index (κ1) is 11.4. The van der Waals surface area contributed by atoms with Crippen molar-refractivity contribution in [1.29, 1.82) is 0 Å². The van der Waals surface area contributed by atoms with Crippen LogP contribution < -0.4 is 0 Å². The van der Waals surface area contributed by atoms with Crippen LogP contribution in [-0.4, -0.2) is 16.2 Å². The Morgan fingerprint density at radius 1 is 1.38 bits per heavy atom. The van der Waals surface area contributed by atoms with E-state index in [1.807, 2.05) is 6.26 Å². The number of thioether (sulfide) groups is 1. The highest BCUT2D eigenvalue weighted by Gasteiger charge is 2.27. The molecule has 0 aromatic carbocycles. The van der Waals surface area contributed by atoms with Gasteiger partial charge in [-0.2, -0.15) is 0 Å². The van der Waals surface area contributed by atoms with Gasteiger partial charge in [0.25, 0.3) is 0 Å². The van der Waals surface area contributed by atoms with E-state index in [4.69, 9.17) is 34.8 Å². The lowest BCUT2D eigenvalue weighted by molar-refractivity contribution is 0.883. The molecule has 72 valence electrons. The summed E-state index contributed by atoms with van der Waals surface area (Å²) in [5.41, 5.74) is 1.22. The SMILES string of the molecule is CSc1ncc(C)c(C(Cl)(Cl)Cl)n1. The standard InChI is InChI=1S/C7H7Cl3N2S/c1-4-3-11-6(13-2)12-5(4)7(8,9)10/h3H,1-2H3. The van der Waals surface area contributed by atoms with E-state index in [1.165, 1.54) is 11.8 Å². The quantitative estimate of drug-likeness (QED) is 0.438. The summed E-state index contributed by atoms with van der Waals surface area (Å²) in [6.07, 6.45) is 3.52. The lowest BCUT2D eigenvalue weighted by Gasteiger charge is -2.12. The summed E-state index contributed by atoms with van der Waals surface area (Å²) in [5.74, 6) is 0. The molecule has 0 fully saturated rings. The predicted octanol–water partition coefficient (Wildman–Crippen LogP) is 3.33. The van der Waals surface area contributed by atoms with Crippen LogP contribution in [0.2, 0.25) is 0 Å². The van der Waals surface area contributed by atoms with Gasteiger partial charge in [0.2, 0.25) is 3.79 Å². The molecule has 0 bridgehead atoms. The lowest BCUT2D eigenvalue weighted by atomic mass is 10.3. The smallest absolute Gasteiger partial charge is 0.231 e. The van der Waals surface area contributed by atoms with Gasteiger partial charge in [-0.15, -0.1) is 0 Å². The second-order valence-corrected chi connectivity index (χ2v) is 5.44. The Hall–Kier alpha value is 0.300. The van der Waals surface area contributed by atoms with Gasteiger partial charge in [0.05, 0.1) is 5.69 Å². The average molecular weight is 258 g/mol. The lowest BCUT2D eigenvalue weighted by Crippen LogP contribution is -2.08. The number of rotatable bonds is 1. The van der Waals surface area contributed by atoms with Crippen molar-refractivity contribution in [3.05, 3.63) is 17.5 Å². The zero-order chi connectivity index (χ0) is 10.1. The molecule has 13 heavy (non-hydrogen) atoms. The fourth-order valence-corrected chi connectivity index (χ4v) is 1.73. The molecule has 1 aromatic heterocycles. The maximum Gasteiger partial charge on any atom is 0.232 e. The van der Waals surface area contributed by atoms with E-state index in [2.05, 4.69) is 9.97 Å². The summed E-state index contributed by atoms with van der Waals surface area (Å²) >= 11 is 18.6. The molecular formula is C7H7Cl3N2S. The van der Waals surface area contributed by atoms with E-state index >= 15 is 0 Å². The van der Waals surface area contributed by atoms with Crippen LogP contribution in [-0.2, 0) is 3.79 Å². The molecule has 1 rings (SSSR count). The summed E-state index contributed by atoms with van der Waals surface area (Å²) in [5, 5.41) is 0.604. The summed E-state index contributed by atoms with van der Waals surface area (Å²) in [6.45, 7) is 1.81. The van der Waals surface area contributed by atoms with Crippen LogP contribution in [0, 0.1) is 6.92 Å². The number of aryl methyl sites for hydroxylation is 1. The molecular weight excluding hydrogens is 251 g/mol. The summed E-state index contributed by atoms with van der Waals surface area (Å²) < 4.78 is -1.47. The van der Waals surface area contributed by atoms with Gasteiger partial charge in [-0.3, -0.25) is 0 Å². The molecule has 0 amide bonds. The highest BCUT2D eigenvalue weighted by atomic mass is 35.6. The fraction of sp³-hybridized carbons (Fsp3) is 0.429. The van der Waals surface area contributed by atoms with Crippen molar-refractivity contribution in [2.24, 2.45) is 0 Å². The van der Waals surface area contributed by atoms with Gasteiger partial charge in [0.1, 0.15) is 0 Å². The summed E-state index contributed by atoms with van der Waals surface area (Å²) in [7, 11) is 0. The van der Waals surface area contributed by atoms with Crippen molar-refractivity contribution >= 4 is 46.6 Å². The molecule has 0 aliphatic carbocycles. The van der Waals surface area contributed by atoms with Gasteiger partial charge < -0.3 is 0 Å². The number of nitrogens with zero attached hydrogens (tertiary/aromatic N) is 2. The van der Waals surface area contributed by atoms with Crippen molar-refractivity contribution in [2.75, 3.05) is 6.26 Å². The van der Waals surface area contributed by atoms with Crippen molar-refractivity contribution in [3.63, 3.8) is 0 Å². The zero-order valence-electron chi connectivity index (χ0n) is 7.01. The topological polar surface area (TPSA) is 25.8 Å². The first-order chi connectivity index (χ1) is 5.95. The maximum atomic E-state index is 5.72. The van der Waals surface area contributed by atoms with Gasteiger partial charge in [-0.05, 0) is 18.7 Å². The Kier molecular flexibility index (Phi) is 3.69. The summed E-state index contributed by atoms with van der Waals surface area (Å²) in [4.78, 5) is 8.16. The van der Waals surface area contributed by atoms with Gasteiger partial charge in [0.15, 0.2) is 5.16 Å². The van der Waals surface area contributed by atoms with Gasteiger partial charge in [-0.25, -0.2) is 9.97 Å². The van der Waals surface area contributed by atoms with Crippen LogP contribution in [0.15, 0.2) is 11.4 Å². The predicted molar refractivity (Wildman–Crippen MR) is 57.8 cm³/mol. The third-order valence-electron chi connectivity index (χ3n) is 1.40. The molecule has 0 N–H and O–H groups in total. The van der Waals surface area contributed by atoms with E-state index in [0.717, 1.165) is 5.56 Å². The Morgan fingerprint density at radius 3 is 2.46 bits per heavy atom. The monoisotopic (exact) mass is 256 g/mol. The first-order valence-corrected chi connectivity index (χ1v) is 5.76. The first-order valence-electron chi connectivity index (χ1n) is 3.40. The van der Waals surface area contributed by atoms with Crippen LogP contribution in [0.4, 0.5) is 0 Å². The molecule has 0 unspecified atom stereocenters. The fourth-order valence-electron chi connectivity index (χ4n) is 0.811. The molecule has 0 aliphatic heterocycles. The molecule has 6 heteroatoms. The van der Waals surface area contributed by atoms with Crippen molar-refractivity contribution < 1.29 is 0 Å². The van der Waals surface area contributed by atoms with E-state index in [1.54, 1.807) is 13.1 Å². The van der Waals surface area contributed by atoms with Crippen LogP contribution in [0.1, 0.15) is 11.3 Å². The second-order valence-electron chi connectivity index (χ2n) is 2.39. The van der Waals surface area contributed by atoms with E-state index in [9.17, 15) is 0 Å². The molecule has 0 radical (unpaired) electrons. The van der Waals surface area contributed by atoms with E-state index < -0.39 is 3.79 Å². The Morgan fingerprint density at radius 2 is 2.00 bits per heavy atom. The van der Waals surface area contributed by atoms with Crippen LogP contribution in [0.5, 0.6) is 0 Å². The van der Waals surface area contributed by atoms with Crippen LogP contribution >= 0.6 is 46.6 Å². The minimum Gasteiger partial charge on any atom is -0.231 e. The third-order valence-corrected chi connectivity index (χ3v) is 2.50. The van der Waals surface area contributed by atoms with Crippen molar-refractivity contribution in [3.8, 4) is 0 Å². The number of hydrogen-bond donors (Lipinski definition) is 0. The molecule has 0 aliphatic rings. The number of aromatic nitrogens is 2. The summed E-state index contributed by atoms with van der Waals surface area (Å²) in [6, 6.07) is 0. The molecule has 2 nitrogen and oxygen atoms in total. The molecule has 0 atom stereocenters. The maximum absolute atomic E-state index is 5.72. The van der Waals surface area contributed by atoms with Crippen LogP contribution in [0.25, 0.3) is 0 Å². The van der Waals surface area contributed by atoms with Crippen molar-refractivity contribution in [1.82, 2.24) is 9.97 Å². The Balaban J connectivity index is 3.19. The van der Waals surface area contributed by atoms with Gasteiger partial charge in [0, 0.05) is 6.20 Å². The van der Waals surface area contributed by atoms with E-state index in [0.29, 0.717) is 10.9 Å². The normalized spacial score (nSPS) is 11.8. The molecule has 0 saturated carbocycles. The average Bonchev–Trinajstić information content (AvgIpc) is 2.03. The minimum absolute atomic E-state index is 0.442. The number of alkyl halides is 3. The Labute approximate surface area is 96.0 Å². The highest BCUT2D eigenvalue weighted by molar-refractivity contribution is 7.98. The van der Waals surface area contributed by atoms with Gasteiger partial charge in [-0.1, -0.05) is 46.6 Å². The van der Waals surface area contributed by atoms with Gasteiger partial charge >= 0.3 is 0 Å². The molecule has 0 spiro atoms. The van der Waals surface area contributed by atoms with Crippen LogP contribution in [0.3, 0.4) is 0 Å². The highest BCUT2D eigenvalue weighted by Crippen LogP contribution is 2.38. The number of hydrogen-bond acceptors (Lipinski definition) is 3. The third kappa shape index (κ3) is 2.88. The largest absolute Gasteiger partial charge is 0.232 e.